The number of carbonyl (C=O) groups is 2. The molecule has 3 aromatic rings. The van der Waals surface area contributed by atoms with Crippen LogP contribution in [0.2, 0.25) is 0 Å². The van der Waals surface area contributed by atoms with E-state index in [1.807, 2.05) is 25.3 Å². The van der Waals surface area contributed by atoms with Gasteiger partial charge in [-0.2, -0.15) is 0 Å². The van der Waals surface area contributed by atoms with Gasteiger partial charge in [0, 0.05) is 16.9 Å². The lowest BCUT2D eigenvalue weighted by Gasteiger charge is -2.10. The van der Waals surface area contributed by atoms with Gasteiger partial charge in [0.2, 0.25) is 0 Å². The second-order valence-corrected chi connectivity index (χ2v) is 7.10. The van der Waals surface area contributed by atoms with Crippen molar-refractivity contribution in [1.29, 1.82) is 0 Å². The van der Waals surface area contributed by atoms with Crippen LogP contribution < -0.4 is 15.4 Å². The van der Waals surface area contributed by atoms with E-state index in [4.69, 9.17) is 4.74 Å². The van der Waals surface area contributed by atoms with E-state index in [0.717, 1.165) is 5.75 Å². The van der Waals surface area contributed by atoms with Gasteiger partial charge in [0.1, 0.15) is 5.75 Å². The minimum absolute atomic E-state index is 0.0866. The van der Waals surface area contributed by atoms with E-state index >= 15 is 0 Å². The zero-order valence-electron chi connectivity index (χ0n) is 15.1. The SMILES string of the molecule is CC(C)Oc1ccc(C(=O)Nc2ccc(NC(=O)c3cccs3)cc2)cc1. The van der Waals surface area contributed by atoms with E-state index in [1.165, 1.54) is 11.3 Å². The van der Waals surface area contributed by atoms with Crippen molar-refractivity contribution < 1.29 is 14.3 Å². The van der Waals surface area contributed by atoms with Crippen LogP contribution >= 0.6 is 11.3 Å². The van der Waals surface area contributed by atoms with E-state index in [1.54, 1.807) is 54.6 Å². The Bertz CT molecular complexity index is 902. The number of thiophene rings is 1. The fourth-order valence-corrected chi connectivity index (χ4v) is 3.02. The molecule has 6 heteroatoms. The lowest BCUT2D eigenvalue weighted by molar-refractivity contribution is 0.102. The van der Waals surface area contributed by atoms with Crippen LogP contribution in [-0.4, -0.2) is 17.9 Å². The molecule has 3 rings (SSSR count). The number of amides is 2. The highest BCUT2D eigenvalue weighted by atomic mass is 32.1. The van der Waals surface area contributed by atoms with Gasteiger partial charge in [-0.1, -0.05) is 6.07 Å². The van der Waals surface area contributed by atoms with E-state index in [0.29, 0.717) is 21.8 Å². The van der Waals surface area contributed by atoms with E-state index in [2.05, 4.69) is 10.6 Å². The Balaban J connectivity index is 1.59. The van der Waals surface area contributed by atoms with Gasteiger partial charge in [0.15, 0.2) is 0 Å². The number of rotatable bonds is 6. The molecule has 27 heavy (non-hydrogen) atoms. The first-order valence-electron chi connectivity index (χ1n) is 8.54. The highest BCUT2D eigenvalue weighted by Crippen LogP contribution is 2.18. The molecule has 1 heterocycles. The van der Waals surface area contributed by atoms with Gasteiger partial charge in [-0.25, -0.2) is 0 Å². The Hall–Kier alpha value is -3.12. The third kappa shape index (κ3) is 5.18. The molecular formula is C21H20N2O3S. The van der Waals surface area contributed by atoms with Crippen LogP contribution in [0, 0.1) is 0 Å². The number of nitrogens with one attached hydrogen (secondary N) is 2. The molecule has 0 radical (unpaired) electrons. The van der Waals surface area contributed by atoms with Crippen LogP contribution in [0.1, 0.15) is 33.9 Å². The normalized spacial score (nSPS) is 10.5. The van der Waals surface area contributed by atoms with Crippen LogP contribution in [0.3, 0.4) is 0 Å². The summed E-state index contributed by atoms with van der Waals surface area (Å²) in [7, 11) is 0. The smallest absolute Gasteiger partial charge is 0.265 e. The van der Waals surface area contributed by atoms with Crippen LogP contribution in [0.15, 0.2) is 66.0 Å². The summed E-state index contributed by atoms with van der Waals surface area (Å²) in [4.78, 5) is 25.0. The van der Waals surface area contributed by atoms with Crippen molar-refractivity contribution in [2.75, 3.05) is 10.6 Å². The summed E-state index contributed by atoms with van der Waals surface area (Å²) in [6.07, 6.45) is 0.0866. The molecule has 0 saturated heterocycles. The number of benzene rings is 2. The molecule has 0 spiro atoms. The highest BCUT2D eigenvalue weighted by Gasteiger charge is 2.09. The third-order valence-electron chi connectivity index (χ3n) is 3.63. The number of carbonyl (C=O) groups excluding carboxylic acids is 2. The Kier molecular flexibility index (Phi) is 5.88. The molecule has 0 fully saturated rings. The van der Waals surface area contributed by atoms with Gasteiger partial charge in [-0.3, -0.25) is 9.59 Å². The van der Waals surface area contributed by atoms with E-state index in [-0.39, 0.29) is 17.9 Å². The Morgan fingerprint density at radius 3 is 1.96 bits per heavy atom. The second-order valence-electron chi connectivity index (χ2n) is 6.15. The Morgan fingerprint density at radius 1 is 0.852 bits per heavy atom. The van der Waals surface area contributed by atoms with Gasteiger partial charge in [0.05, 0.1) is 11.0 Å². The summed E-state index contributed by atoms with van der Waals surface area (Å²) in [5, 5.41) is 7.52. The first-order chi connectivity index (χ1) is 13.0. The molecule has 2 aromatic carbocycles. The highest BCUT2D eigenvalue weighted by molar-refractivity contribution is 7.12. The van der Waals surface area contributed by atoms with Crippen LogP contribution in [0.5, 0.6) is 5.75 Å². The van der Waals surface area contributed by atoms with Gasteiger partial charge in [-0.15, -0.1) is 11.3 Å². The molecular weight excluding hydrogens is 360 g/mol. The maximum absolute atomic E-state index is 12.3. The number of hydrogen-bond acceptors (Lipinski definition) is 4. The summed E-state index contributed by atoms with van der Waals surface area (Å²) < 4.78 is 5.57. The quantitative estimate of drug-likeness (QED) is 0.629. The van der Waals surface area contributed by atoms with Crippen molar-refractivity contribution in [3.05, 3.63) is 76.5 Å². The lowest BCUT2D eigenvalue weighted by Crippen LogP contribution is -2.13. The fraction of sp³-hybridized carbons (Fsp3) is 0.143. The molecule has 0 saturated carbocycles. The van der Waals surface area contributed by atoms with Gasteiger partial charge in [-0.05, 0) is 73.8 Å². The zero-order valence-corrected chi connectivity index (χ0v) is 15.9. The summed E-state index contributed by atoms with van der Waals surface area (Å²) in [5.41, 5.74) is 1.86. The first-order valence-corrected chi connectivity index (χ1v) is 9.42. The average Bonchev–Trinajstić information content (AvgIpc) is 3.18. The van der Waals surface area contributed by atoms with Crippen molar-refractivity contribution in [3.63, 3.8) is 0 Å². The second kappa shape index (κ2) is 8.51. The monoisotopic (exact) mass is 380 g/mol. The predicted molar refractivity (Wildman–Crippen MR) is 109 cm³/mol. The van der Waals surface area contributed by atoms with Crippen LogP contribution in [0.25, 0.3) is 0 Å². The van der Waals surface area contributed by atoms with Crippen LogP contribution in [-0.2, 0) is 0 Å². The molecule has 0 atom stereocenters. The summed E-state index contributed by atoms with van der Waals surface area (Å²) >= 11 is 1.39. The molecule has 1 aromatic heterocycles. The number of hydrogen-bond donors (Lipinski definition) is 2. The minimum atomic E-state index is -0.207. The topological polar surface area (TPSA) is 67.4 Å². The maximum Gasteiger partial charge on any atom is 0.265 e. The molecule has 0 aliphatic rings. The van der Waals surface area contributed by atoms with E-state index in [9.17, 15) is 9.59 Å². The molecule has 0 aliphatic heterocycles. The van der Waals surface area contributed by atoms with Crippen molar-refractivity contribution in [2.45, 2.75) is 20.0 Å². The fourth-order valence-electron chi connectivity index (χ4n) is 2.40. The largest absolute Gasteiger partial charge is 0.491 e. The molecule has 2 amide bonds. The van der Waals surface area contributed by atoms with Crippen molar-refractivity contribution in [1.82, 2.24) is 0 Å². The number of anilines is 2. The Labute approximate surface area is 162 Å². The third-order valence-corrected chi connectivity index (χ3v) is 4.50. The predicted octanol–water partition coefficient (Wildman–Crippen LogP) is 5.04. The van der Waals surface area contributed by atoms with Crippen molar-refractivity contribution in [2.24, 2.45) is 0 Å². The standard InChI is InChI=1S/C21H20N2O3S/c1-14(2)26-18-11-5-15(6-12-18)20(24)22-16-7-9-17(10-8-16)23-21(25)19-4-3-13-27-19/h3-14H,1-2H3,(H,22,24)(H,23,25). The Morgan fingerprint density at radius 2 is 1.44 bits per heavy atom. The first kappa shape index (κ1) is 18.7. The maximum atomic E-state index is 12.3. The van der Waals surface area contributed by atoms with Crippen LogP contribution in [0.4, 0.5) is 11.4 Å². The zero-order chi connectivity index (χ0) is 19.2. The molecule has 0 unspecified atom stereocenters. The number of ether oxygens (including phenoxy) is 1. The van der Waals surface area contributed by atoms with Gasteiger partial charge < -0.3 is 15.4 Å². The molecule has 0 aliphatic carbocycles. The van der Waals surface area contributed by atoms with Crippen molar-refractivity contribution in [3.8, 4) is 5.75 Å². The average molecular weight is 380 g/mol. The van der Waals surface area contributed by atoms with Crippen molar-refractivity contribution >= 4 is 34.5 Å². The summed E-state index contributed by atoms with van der Waals surface area (Å²) in [5.74, 6) is 0.374. The minimum Gasteiger partial charge on any atom is -0.491 e. The summed E-state index contributed by atoms with van der Waals surface area (Å²) in [6.45, 7) is 3.90. The molecule has 0 bridgehead atoms. The lowest BCUT2D eigenvalue weighted by atomic mass is 10.2. The van der Waals surface area contributed by atoms with Gasteiger partial charge in [0.25, 0.3) is 11.8 Å². The van der Waals surface area contributed by atoms with E-state index < -0.39 is 0 Å². The van der Waals surface area contributed by atoms with Gasteiger partial charge >= 0.3 is 0 Å². The summed E-state index contributed by atoms with van der Waals surface area (Å²) in [6, 6.07) is 17.6. The molecule has 5 nitrogen and oxygen atoms in total. The molecule has 138 valence electrons. The molecule has 2 N–H and O–H groups in total.